The van der Waals surface area contributed by atoms with E-state index in [1.165, 1.54) is 0 Å². The number of benzene rings is 2. The first-order valence-corrected chi connectivity index (χ1v) is 10.8. The number of anilines is 2. The molecule has 0 unspecified atom stereocenters. The lowest BCUT2D eigenvalue weighted by atomic mass is 10.1. The molecule has 1 aliphatic heterocycles. The first kappa shape index (κ1) is 20.0. The summed E-state index contributed by atoms with van der Waals surface area (Å²) in [5.74, 6) is -0.386. The van der Waals surface area contributed by atoms with Crippen molar-refractivity contribution in [2.24, 2.45) is 0 Å². The van der Waals surface area contributed by atoms with Gasteiger partial charge in [-0.2, -0.15) is 0 Å². The molecule has 2 N–H and O–H groups in total. The fraction of sp³-hybridized carbons (Fsp3) is 0.300. The molecule has 0 spiro atoms. The van der Waals surface area contributed by atoms with Crippen LogP contribution in [0, 0.1) is 0 Å². The number of rotatable bonds is 6. The second-order valence-corrected chi connectivity index (χ2v) is 9.11. The van der Waals surface area contributed by atoms with E-state index in [2.05, 4.69) is 10.6 Å². The number of hydrogen-bond acceptors (Lipinski definition) is 5. The van der Waals surface area contributed by atoms with Crippen LogP contribution in [-0.2, 0) is 14.6 Å². The predicted octanol–water partition coefficient (Wildman–Crippen LogP) is 2.00. The highest BCUT2D eigenvalue weighted by atomic mass is 32.2. The van der Waals surface area contributed by atoms with Crippen LogP contribution in [0.15, 0.2) is 54.6 Å². The molecule has 2 aromatic carbocycles. The second-order valence-electron chi connectivity index (χ2n) is 6.89. The highest BCUT2D eigenvalue weighted by molar-refractivity contribution is 7.91. The number of carbonyl (C=O) groups excluding carboxylic acids is 2. The summed E-state index contributed by atoms with van der Waals surface area (Å²) in [5, 5.41) is 5.56. The van der Waals surface area contributed by atoms with Gasteiger partial charge in [0.1, 0.15) is 0 Å². The summed E-state index contributed by atoms with van der Waals surface area (Å²) in [5.41, 5.74) is 1.43. The number of likely N-dealkylation sites (N-methyl/N-ethyl adjacent to an activating group) is 1. The van der Waals surface area contributed by atoms with Gasteiger partial charge in [-0.25, -0.2) is 8.42 Å². The summed E-state index contributed by atoms with van der Waals surface area (Å²) < 4.78 is 23.2. The molecule has 0 bridgehead atoms. The summed E-state index contributed by atoms with van der Waals surface area (Å²) >= 11 is 0. The van der Waals surface area contributed by atoms with Crippen LogP contribution in [0.4, 0.5) is 11.4 Å². The number of nitrogens with zero attached hydrogens (tertiary/aromatic N) is 1. The third kappa shape index (κ3) is 5.17. The maximum absolute atomic E-state index is 12.6. The highest BCUT2D eigenvalue weighted by Gasteiger charge is 2.31. The number of sulfone groups is 1. The maximum atomic E-state index is 12.6. The zero-order chi connectivity index (χ0) is 20.1. The minimum atomic E-state index is -3.01. The number of para-hydroxylation sites is 2. The lowest BCUT2D eigenvalue weighted by Gasteiger charge is -2.22. The van der Waals surface area contributed by atoms with Crippen LogP contribution in [0.1, 0.15) is 16.8 Å². The van der Waals surface area contributed by atoms with E-state index in [1.807, 2.05) is 18.2 Å². The summed E-state index contributed by atoms with van der Waals surface area (Å²) in [6, 6.07) is 15.7. The zero-order valence-corrected chi connectivity index (χ0v) is 16.4. The Balaban J connectivity index is 1.64. The number of carbonyl (C=O) groups is 2. The molecule has 1 aliphatic rings. The Hall–Kier alpha value is -2.71. The molecule has 2 aromatic rings. The van der Waals surface area contributed by atoms with Crippen molar-refractivity contribution in [2.45, 2.75) is 12.5 Å². The standard InChI is InChI=1S/C20H23N3O4S/c1-23(16-11-12-28(26,27)14-16)13-19(24)22-18-10-6-5-9-17(18)20(25)21-15-7-3-2-4-8-15/h2-10,16H,11-14H2,1H3,(H,21,25)(H,22,24)/t16-/m0/s1. The molecule has 1 fully saturated rings. The Morgan fingerprint density at radius 1 is 1.04 bits per heavy atom. The monoisotopic (exact) mass is 401 g/mol. The smallest absolute Gasteiger partial charge is 0.257 e. The number of amides is 2. The fourth-order valence-corrected chi connectivity index (χ4v) is 4.98. The summed E-state index contributed by atoms with van der Waals surface area (Å²) in [6.07, 6.45) is 0.530. The Labute approximate surface area is 164 Å². The maximum Gasteiger partial charge on any atom is 0.257 e. The quantitative estimate of drug-likeness (QED) is 0.772. The van der Waals surface area contributed by atoms with Gasteiger partial charge >= 0.3 is 0 Å². The van der Waals surface area contributed by atoms with Crippen molar-refractivity contribution >= 4 is 33.0 Å². The van der Waals surface area contributed by atoms with Crippen molar-refractivity contribution in [1.82, 2.24) is 4.90 Å². The number of nitrogens with one attached hydrogen (secondary N) is 2. The average Bonchev–Trinajstić information content (AvgIpc) is 3.03. The lowest BCUT2D eigenvalue weighted by molar-refractivity contribution is -0.117. The third-order valence-corrected chi connectivity index (χ3v) is 6.45. The van der Waals surface area contributed by atoms with Gasteiger partial charge < -0.3 is 10.6 Å². The summed E-state index contributed by atoms with van der Waals surface area (Å²) in [7, 11) is -1.27. The second kappa shape index (κ2) is 8.53. The molecular formula is C20H23N3O4S. The highest BCUT2D eigenvalue weighted by Crippen LogP contribution is 2.19. The molecular weight excluding hydrogens is 378 g/mol. The van der Waals surface area contributed by atoms with E-state index >= 15 is 0 Å². The Morgan fingerprint density at radius 2 is 1.71 bits per heavy atom. The van der Waals surface area contributed by atoms with Crippen molar-refractivity contribution in [2.75, 3.05) is 35.7 Å². The molecule has 0 aromatic heterocycles. The Kier molecular flexibility index (Phi) is 6.11. The van der Waals surface area contributed by atoms with Gasteiger partial charge in [-0.3, -0.25) is 14.5 Å². The van der Waals surface area contributed by atoms with E-state index in [0.29, 0.717) is 23.4 Å². The van der Waals surface area contributed by atoms with Crippen molar-refractivity contribution in [3.05, 3.63) is 60.2 Å². The Bertz CT molecular complexity index is 960. The first-order chi connectivity index (χ1) is 13.3. The van der Waals surface area contributed by atoms with Crippen LogP contribution in [0.3, 0.4) is 0 Å². The van der Waals surface area contributed by atoms with Crippen LogP contribution in [0.5, 0.6) is 0 Å². The molecule has 2 amide bonds. The molecule has 0 saturated carbocycles. The zero-order valence-electron chi connectivity index (χ0n) is 15.6. The summed E-state index contributed by atoms with van der Waals surface area (Å²) in [4.78, 5) is 26.8. The van der Waals surface area contributed by atoms with E-state index in [1.54, 1.807) is 48.3 Å². The first-order valence-electron chi connectivity index (χ1n) is 9.00. The van der Waals surface area contributed by atoms with E-state index in [0.717, 1.165) is 0 Å². The van der Waals surface area contributed by atoms with Crippen molar-refractivity contribution in [3.8, 4) is 0 Å². The fourth-order valence-electron chi connectivity index (χ4n) is 3.18. The van der Waals surface area contributed by atoms with Gasteiger partial charge in [0.2, 0.25) is 5.91 Å². The van der Waals surface area contributed by atoms with Crippen molar-refractivity contribution in [3.63, 3.8) is 0 Å². The topological polar surface area (TPSA) is 95.6 Å². The molecule has 1 saturated heterocycles. The SMILES string of the molecule is CN(CC(=O)Nc1ccccc1C(=O)Nc1ccccc1)[C@H]1CCS(=O)(=O)C1. The molecule has 8 heteroatoms. The van der Waals surface area contributed by atoms with E-state index < -0.39 is 9.84 Å². The van der Waals surface area contributed by atoms with Crippen molar-refractivity contribution < 1.29 is 18.0 Å². The van der Waals surface area contributed by atoms with Crippen LogP contribution >= 0.6 is 0 Å². The average molecular weight is 401 g/mol. The van der Waals surface area contributed by atoms with E-state index in [9.17, 15) is 18.0 Å². The van der Waals surface area contributed by atoms with Gasteiger partial charge in [0.25, 0.3) is 5.91 Å². The molecule has 1 heterocycles. The van der Waals surface area contributed by atoms with Gasteiger partial charge in [0, 0.05) is 11.7 Å². The largest absolute Gasteiger partial charge is 0.324 e. The van der Waals surface area contributed by atoms with Gasteiger partial charge in [-0.1, -0.05) is 30.3 Å². The summed E-state index contributed by atoms with van der Waals surface area (Å²) in [6.45, 7) is 0.0504. The molecule has 1 atom stereocenters. The molecule has 3 rings (SSSR count). The molecule has 0 aliphatic carbocycles. The van der Waals surface area contributed by atoms with Gasteiger partial charge in [-0.05, 0) is 37.7 Å². The lowest BCUT2D eigenvalue weighted by Crippen LogP contribution is -2.38. The Morgan fingerprint density at radius 3 is 2.39 bits per heavy atom. The molecule has 28 heavy (non-hydrogen) atoms. The minimum Gasteiger partial charge on any atom is -0.324 e. The van der Waals surface area contributed by atoms with Crippen LogP contribution in [-0.4, -0.2) is 56.3 Å². The molecule has 7 nitrogen and oxygen atoms in total. The number of hydrogen-bond donors (Lipinski definition) is 2. The van der Waals surface area contributed by atoms with Crippen LogP contribution in [0.25, 0.3) is 0 Å². The van der Waals surface area contributed by atoms with Crippen LogP contribution < -0.4 is 10.6 Å². The van der Waals surface area contributed by atoms with Gasteiger partial charge in [0.05, 0.1) is 29.3 Å². The van der Waals surface area contributed by atoms with Gasteiger partial charge in [0.15, 0.2) is 9.84 Å². The normalized spacial score (nSPS) is 18.0. The van der Waals surface area contributed by atoms with Crippen LogP contribution in [0.2, 0.25) is 0 Å². The third-order valence-electron chi connectivity index (χ3n) is 4.70. The van der Waals surface area contributed by atoms with Crippen molar-refractivity contribution in [1.29, 1.82) is 0 Å². The minimum absolute atomic E-state index is 0.0504. The van der Waals surface area contributed by atoms with E-state index in [4.69, 9.17) is 0 Å². The molecule has 0 radical (unpaired) electrons. The van der Waals surface area contributed by atoms with E-state index in [-0.39, 0.29) is 35.9 Å². The van der Waals surface area contributed by atoms with Gasteiger partial charge in [-0.15, -0.1) is 0 Å². The molecule has 148 valence electrons. The predicted molar refractivity (Wildman–Crippen MR) is 109 cm³/mol.